The van der Waals surface area contributed by atoms with Gasteiger partial charge in [-0.2, -0.15) is 0 Å². The summed E-state index contributed by atoms with van der Waals surface area (Å²) in [6, 6.07) is 0. The van der Waals surface area contributed by atoms with Gasteiger partial charge in [0.25, 0.3) is 0 Å². The van der Waals surface area contributed by atoms with E-state index < -0.39 is 8.07 Å². The Morgan fingerprint density at radius 2 is 0.833 bits per heavy atom. The standard InChI is InChI=1S/C29H56Si/c1-25(2)14-12-13-22(15-25)30(11,23-16-26(3,4)20-27(5,6)17-23)24-18-28(7,8)21-29(9,10)19-24/h22-24H,12-21H2,1-11H3. The minimum Gasteiger partial charge on any atom is -0.0685 e. The average Bonchev–Trinajstić information content (AvgIpc) is 2.46. The molecule has 1 unspecified atom stereocenters. The van der Waals surface area contributed by atoms with E-state index in [1.165, 1.54) is 57.8 Å². The first kappa shape index (κ1) is 24.9. The van der Waals surface area contributed by atoms with Gasteiger partial charge in [0.15, 0.2) is 0 Å². The van der Waals surface area contributed by atoms with Gasteiger partial charge in [-0.05, 0) is 95.1 Å². The second-order valence-electron chi connectivity index (χ2n) is 16.5. The van der Waals surface area contributed by atoms with Crippen molar-refractivity contribution in [2.24, 2.45) is 27.1 Å². The molecule has 0 aromatic heterocycles. The molecule has 176 valence electrons. The topological polar surface area (TPSA) is 0 Å². The summed E-state index contributed by atoms with van der Waals surface area (Å²) < 4.78 is 0. The van der Waals surface area contributed by atoms with Gasteiger partial charge in [-0.1, -0.05) is 88.6 Å². The predicted molar refractivity (Wildman–Crippen MR) is 138 cm³/mol. The van der Waals surface area contributed by atoms with Crippen LogP contribution in [0.3, 0.4) is 0 Å². The minimum absolute atomic E-state index is 0.518. The zero-order valence-electron chi connectivity index (χ0n) is 22.8. The van der Waals surface area contributed by atoms with Crippen molar-refractivity contribution < 1.29 is 0 Å². The molecule has 0 N–H and O–H groups in total. The van der Waals surface area contributed by atoms with Crippen LogP contribution in [-0.2, 0) is 0 Å². The van der Waals surface area contributed by atoms with E-state index in [1.54, 1.807) is 6.42 Å². The Balaban J connectivity index is 2.05. The molecule has 1 heteroatoms. The molecule has 0 aliphatic heterocycles. The summed E-state index contributed by atoms with van der Waals surface area (Å²) in [5.41, 5.74) is 5.72. The third-order valence-corrected chi connectivity index (χ3v) is 16.5. The van der Waals surface area contributed by atoms with Gasteiger partial charge < -0.3 is 0 Å². The molecule has 0 nitrogen and oxygen atoms in total. The maximum Gasteiger partial charge on any atom is 0.0599 e. The lowest BCUT2D eigenvalue weighted by atomic mass is 9.65. The van der Waals surface area contributed by atoms with E-state index in [1.807, 2.05) is 0 Å². The molecule has 3 rings (SSSR count). The highest BCUT2D eigenvalue weighted by Crippen LogP contribution is 2.66. The number of rotatable bonds is 3. The highest BCUT2D eigenvalue weighted by atomic mass is 28.3. The van der Waals surface area contributed by atoms with Gasteiger partial charge in [0.05, 0.1) is 8.07 Å². The lowest BCUT2D eigenvalue weighted by molar-refractivity contribution is 0.0969. The van der Waals surface area contributed by atoms with Crippen LogP contribution in [0, 0.1) is 27.1 Å². The lowest BCUT2D eigenvalue weighted by Gasteiger charge is -2.60. The maximum absolute atomic E-state index is 2.95. The summed E-state index contributed by atoms with van der Waals surface area (Å²) in [4.78, 5) is 0. The first-order chi connectivity index (χ1) is 13.4. The second-order valence-corrected chi connectivity index (χ2v) is 21.7. The molecule has 3 aliphatic rings. The summed E-state index contributed by atoms with van der Waals surface area (Å²) in [5.74, 6) is 0. The molecule has 30 heavy (non-hydrogen) atoms. The number of hydrogen-bond acceptors (Lipinski definition) is 0. The van der Waals surface area contributed by atoms with E-state index in [0.717, 1.165) is 16.6 Å². The summed E-state index contributed by atoms with van der Waals surface area (Å²) in [5, 5.41) is 0. The van der Waals surface area contributed by atoms with Crippen molar-refractivity contribution >= 4 is 8.07 Å². The molecular formula is C29H56Si. The molecule has 0 aromatic carbocycles. The third kappa shape index (κ3) is 5.40. The first-order valence-corrected chi connectivity index (χ1v) is 16.1. The molecular weight excluding hydrogens is 376 g/mol. The predicted octanol–water partition coefficient (Wildman–Crippen LogP) is 10.2. The maximum atomic E-state index is 2.95. The van der Waals surface area contributed by atoms with Crippen LogP contribution in [-0.4, -0.2) is 8.07 Å². The Bertz CT molecular complexity index is 550. The SMILES string of the molecule is CC1(C)CCCC([Si](C)(C2CC(C)(C)CC(C)(C)C2)C2CC(C)(C)CC(C)(C)C2)C1. The van der Waals surface area contributed by atoms with E-state index in [-0.39, 0.29) is 0 Å². The number of hydrogen-bond donors (Lipinski definition) is 0. The molecule has 0 heterocycles. The molecule has 3 aliphatic carbocycles. The van der Waals surface area contributed by atoms with Gasteiger partial charge in [0.2, 0.25) is 0 Å². The van der Waals surface area contributed by atoms with Gasteiger partial charge >= 0.3 is 0 Å². The first-order valence-electron chi connectivity index (χ1n) is 13.4. The van der Waals surface area contributed by atoms with Crippen molar-refractivity contribution in [3.8, 4) is 0 Å². The van der Waals surface area contributed by atoms with Crippen molar-refractivity contribution in [1.82, 2.24) is 0 Å². The molecule has 0 amide bonds. The largest absolute Gasteiger partial charge is 0.0685 e. The Labute approximate surface area is 191 Å². The third-order valence-electron chi connectivity index (χ3n) is 9.95. The van der Waals surface area contributed by atoms with Crippen LogP contribution < -0.4 is 0 Å². The summed E-state index contributed by atoms with van der Waals surface area (Å²) in [6.45, 7) is 28.8. The van der Waals surface area contributed by atoms with E-state index in [4.69, 9.17) is 0 Å². The fraction of sp³-hybridized carbons (Fsp3) is 1.00. The van der Waals surface area contributed by atoms with Crippen molar-refractivity contribution in [2.75, 3.05) is 0 Å². The summed E-state index contributed by atoms with van der Waals surface area (Å²) >= 11 is 0. The van der Waals surface area contributed by atoms with E-state index >= 15 is 0 Å². The zero-order chi connectivity index (χ0) is 22.8. The van der Waals surface area contributed by atoms with Gasteiger partial charge in [-0.3, -0.25) is 0 Å². The van der Waals surface area contributed by atoms with E-state index in [0.29, 0.717) is 27.1 Å². The van der Waals surface area contributed by atoms with Crippen molar-refractivity contribution in [1.29, 1.82) is 0 Å². The Kier molecular flexibility index (Phi) is 6.32. The van der Waals surface area contributed by atoms with Crippen LogP contribution in [0.2, 0.25) is 23.2 Å². The van der Waals surface area contributed by atoms with E-state index in [9.17, 15) is 0 Å². The summed E-state index contributed by atoms with van der Waals surface area (Å²) in [7, 11) is -1.49. The Hall–Kier alpha value is 0.217. The minimum atomic E-state index is -1.49. The average molecular weight is 433 g/mol. The molecule has 0 bridgehead atoms. The molecule has 0 saturated heterocycles. The molecule has 3 fully saturated rings. The highest BCUT2D eigenvalue weighted by Gasteiger charge is 2.57. The van der Waals surface area contributed by atoms with E-state index in [2.05, 4.69) is 75.8 Å². The smallest absolute Gasteiger partial charge is 0.0599 e. The molecule has 0 spiro atoms. The highest BCUT2D eigenvalue weighted by molar-refractivity contribution is 6.82. The van der Waals surface area contributed by atoms with Crippen LogP contribution in [0.25, 0.3) is 0 Å². The van der Waals surface area contributed by atoms with Crippen molar-refractivity contribution in [3.05, 3.63) is 0 Å². The van der Waals surface area contributed by atoms with Crippen LogP contribution >= 0.6 is 0 Å². The molecule has 1 atom stereocenters. The van der Waals surface area contributed by atoms with Crippen LogP contribution in [0.15, 0.2) is 0 Å². The van der Waals surface area contributed by atoms with Crippen LogP contribution in [0.5, 0.6) is 0 Å². The monoisotopic (exact) mass is 432 g/mol. The van der Waals surface area contributed by atoms with Crippen molar-refractivity contribution in [2.45, 2.75) is 157 Å². The van der Waals surface area contributed by atoms with Crippen molar-refractivity contribution in [3.63, 3.8) is 0 Å². The molecule has 0 radical (unpaired) electrons. The van der Waals surface area contributed by atoms with Gasteiger partial charge in [-0.15, -0.1) is 0 Å². The van der Waals surface area contributed by atoms with Gasteiger partial charge in [0, 0.05) is 0 Å². The fourth-order valence-electron chi connectivity index (χ4n) is 9.80. The Morgan fingerprint density at radius 1 is 0.500 bits per heavy atom. The van der Waals surface area contributed by atoms with Crippen LogP contribution in [0.4, 0.5) is 0 Å². The van der Waals surface area contributed by atoms with Gasteiger partial charge in [-0.25, -0.2) is 0 Å². The zero-order valence-corrected chi connectivity index (χ0v) is 23.8. The second kappa shape index (κ2) is 7.63. The molecule has 3 saturated carbocycles. The summed E-state index contributed by atoms with van der Waals surface area (Å²) in [6.07, 6.45) is 14.9. The quantitative estimate of drug-likeness (QED) is 0.389. The van der Waals surface area contributed by atoms with Crippen LogP contribution in [0.1, 0.15) is 133 Å². The normalized spacial score (nSPS) is 33.9. The fourth-order valence-corrected chi connectivity index (χ4v) is 17.6. The van der Waals surface area contributed by atoms with Gasteiger partial charge in [0.1, 0.15) is 0 Å². The lowest BCUT2D eigenvalue weighted by Crippen LogP contribution is -2.55. The molecule has 0 aromatic rings. The Morgan fingerprint density at radius 3 is 1.17 bits per heavy atom.